The second kappa shape index (κ2) is 5.03. The predicted molar refractivity (Wildman–Crippen MR) is 75.0 cm³/mol. The van der Waals surface area contributed by atoms with Crippen LogP contribution in [0, 0.1) is 0 Å². The van der Waals surface area contributed by atoms with Crippen LogP contribution in [0.2, 0.25) is 0 Å². The molecule has 2 heterocycles. The minimum absolute atomic E-state index is 0.00835. The maximum absolute atomic E-state index is 5.86. The van der Waals surface area contributed by atoms with Gasteiger partial charge in [0.05, 0.1) is 0 Å². The zero-order valence-electron chi connectivity index (χ0n) is 10.4. The Morgan fingerprint density at radius 2 is 2.11 bits per heavy atom. The first kappa shape index (κ1) is 12.2. The first-order valence-electron chi connectivity index (χ1n) is 5.97. The van der Waals surface area contributed by atoms with E-state index in [1.54, 1.807) is 6.20 Å². The molecule has 0 radical (unpaired) electrons. The van der Waals surface area contributed by atoms with Gasteiger partial charge in [0.25, 0.3) is 5.22 Å². The van der Waals surface area contributed by atoms with Gasteiger partial charge in [-0.1, -0.05) is 12.1 Å². The number of rotatable bonds is 3. The van der Waals surface area contributed by atoms with Gasteiger partial charge in [0, 0.05) is 12.2 Å². The lowest BCUT2D eigenvalue weighted by atomic mass is 10.1. The Labute approximate surface area is 115 Å². The van der Waals surface area contributed by atoms with Gasteiger partial charge in [-0.3, -0.25) is 0 Å². The standard InChI is InChI=1S/C14H13N3OS/c1-9(15)10-6-7-16-13(8-10)19-14-17-11-4-2-3-5-12(11)18-14/h2-9H,15H2,1H3/t9-/m1/s1. The zero-order chi connectivity index (χ0) is 13.2. The van der Waals surface area contributed by atoms with Crippen molar-refractivity contribution in [1.29, 1.82) is 0 Å². The molecule has 0 bridgehead atoms. The predicted octanol–water partition coefficient (Wildman–Crippen LogP) is 3.39. The van der Waals surface area contributed by atoms with E-state index in [0.29, 0.717) is 5.22 Å². The Bertz CT molecular complexity index is 675. The highest BCUT2D eigenvalue weighted by Gasteiger charge is 2.09. The molecular formula is C14H13N3OS. The number of para-hydroxylation sites is 2. The average molecular weight is 271 g/mol. The third-order valence-corrected chi connectivity index (χ3v) is 3.53. The largest absolute Gasteiger partial charge is 0.431 e. The number of nitrogens with two attached hydrogens (primary N) is 1. The second-order valence-electron chi connectivity index (χ2n) is 4.27. The Kier molecular flexibility index (Phi) is 3.23. The molecule has 4 nitrogen and oxygen atoms in total. The summed E-state index contributed by atoms with van der Waals surface area (Å²) in [6, 6.07) is 11.6. The molecule has 3 rings (SSSR count). The summed E-state index contributed by atoms with van der Waals surface area (Å²) in [4.78, 5) is 8.70. The number of aromatic nitrogens is 2. The minimum Gasteiger partial charge on any atom is -0.431 e. The van der Waals surface area contributed by atoms with E-state index in [1.165, 1.54) is 11.8 Å². The van der Waals surface area contributed by atoms with Gasteiger partial charge in [-0.05, 0) is 48.5 Å². The first-order valence-corrected chi connectivity index (χ1v) is 6.79. The van der Waals surface area contributed by atoms with Crippen molar-refractivity contribution >= 4 is 22.9 Å². The number of nitrogens with zero attached hydrogens (tertiary/aromatic N) is 2. The van der Waals surface area contributed by atoms with Crippen LogP contribution in [0.15, 0.2) is 57.3 Å². The molecule has 0 amide bonds. The Hall–Kier alpha value is -1.85. The van der Waals surface area contributed by atoms with E-state index in [-0.39, 0.29) is 6.04 Å². The normalized spacial score (nSPS) is 12.7. The molecule has 1 atom stereocenters. The van der Waals surface area contributed by atoms with E-state index in [4.69, 9.17) is 10.2 Å². The zero-order valence-corrected chi connectivity index (χ0v) is 11.2. The van der Waals surface area contributed by atoms with Crippen LogP contribution in [-0.2, 0) is 0 Å². The summed E-state index contributed by atoms with van der Waals surface area (Å²) in [5, 5.41) is 1.43. The van der Waals surface area contributed by atoms with Crippen molar-refractivity contribution in [2.75, 3.05) is 0 Å². The third kappa shape index (κ3) is 2.62. The average Bonchev–Trinajstić information content (AvgIpc) is 2.81. The highest BCUT2D eigenvalue weighted by molar-refractivity contribution is 7.99. The van der Waals surface area contributed by atoms with Crippen molar-refractivity contribution in [2.45, 2.75) is 23.2 Å². The van der Waals surface area contributed by atoms with Crippen LogP contribution in [0.4, 0.5) is 0 Å². The van der Waals surface area contributed by atoms with Crippen LogP contribution in [0.1, 0.15) is 18.5 Å². The van der Waals surface area contributed by atoms with E-state index >= 15 is 0 Å². The van der Waals surface area contributed by atoms with Crippen molar-refractivity contribution in [3.63, 3.8) is 0 Å². The van der Waals surface area contributed by atoms with Gasteiger partial charge in [-0.15, -0.1) is 0 Å². The van der Waals surface area contributed by atoms with E-state index in [2.05, 4.69) is 9.97 Å². The van der Waals surface area contributed by atoms with Crippen molar-refractivity contribution in [1.82, 2.24) is 9.97 Å². The minimum atomic E-state index is -0.00835. The van der Waals surface area contributed by atoms with Gasteiger partial charge in [0.15, 0.2) is 5.58 Å². The molecule has 3 aromatic rings. The molecule has 5 heteroatoms. The van der Waals surface area contributed by atoms with Crippen LogP contribution >= 0.6 is 11.8 Å². The van der Waals surface area contributed by atoms with Gasteiger partial charge < -0.3 is 10.2 Å². The molecule has 0 aliphatic rings. The molecule has 96 valence electrons. The van der Waals surface area contributed by atoms with E-state index in [0.717, 1.165) is 21.7 Å². The van der Waals surface area contributed by atoms with Crippen LogP contribution in [0.3, 0.4) is 0 Å². The Morgan fingerprint density at radius 1 is 1.26 bits per heavy atom. The second-order valence-corrected chi connectivity index (χ2v) is 5.24. The van der Waals surface area contributed by atoms with Gasteiger partial charge in [-0.25, -0.2) is 9.97 Å². The van der Waals surface area contributed by atoms with Gasteiger partial charge in [-0.2, -0.15) is 0 Å². The molecular weight excluding hydrogens is 258 g/mol. The summed E-state index contributed by atoms with van der Waals surface area (Å²) in [6.07, 6.45) is 1.75. The maximum atomic E-state index is 5.86. The topological polar surface area (TPSA) is 64.9 Å². The van der Waals surface area contributed by atoms with Crippen LogP contribution in [0.5, 0.6) is 0 Å². The van der Waals surface area contributed by atoms with E-state index < -0.39 is 0 Å². The lowest BCUT2D eigenvalue weighted by Gasteiger charge is -2.05. The molecule has 0 saturated carbocycles. The van der Waals surface area contributed by atoms with Gasteiger partial charge in [0.2, 0.25) is 0 Å². The van der Waals surface area contributed by atoms with Crippen molar-refractivity contribution in [2.24, 2.45) is 5.73 Å². The Balaban J connectivity index is 1.90. The van der Waals surface area contributed by atoms with Crippen molar-refractivity contribution in [3.8, 4) is 0 Å². The fraction of sp³-hybridized carbons (Fsp3) is 0.143. The summed E-state index contributed by atoms with van der Waals surface area (Å²) in [5.74, 6) is 0. The van der Waals surface area contributed by atoms with Crippen molar-refractivity contribution in [3.05, 3.63) is 48.2 Å². The highest BCUT2D eigenvalue weighted by atomic mass is 32.2. The number of oxazole rings is 1. The summed E-state index contributed by atoms with van der Waals surface area (Å²) < 4.78 is 5.65. The number of fused-ring (bicyclic) bond motifs is 1. The fourth-order valence-electron chi connectivity index (χ4n) is 1.75. The summed E-state index contributed by atoms with van der Waals surface area (Å²) in [7, 11) is 0. The highest BCUT2D eigenvalue weighted by Crippen LogP contribution is 2.29. The SMILES string of the molecule is C[C@@H](N)c1ccnc(Sc2nc3ccccc3o2)c1. The molecule has 0 saturated heterocycles. The van der Waals surface area contributed by atoms with Crippen molar-refractivity contribution < 1.29 is 4.42 Å². The lowest BCUT2D eigenvalue weighted by molar-refractivity contribution is 0.489. The molecule has 1 aromatic carbocycles. The molecule has 0 spiro atoms. The maximum Gasteiger partial charge on any atom is 0.263 e. The Morgan fingerprint density at radius 3 is 2.89 bits per heavy atom. The van der Waals surface area contributed by atoms with Crippen LogP contribution < -0.4 is 5.73 Å². The fourth-order valence-corrected chi connectivity index (χ4v) is 2.51. The third-order valence-electron chi connectivity index (χ3n) is 2.75. The molecule has 0 fully saturated rings. The number of hydrogen-bond acceptors (Lipinski definition) is 5. The number of pyridine rings is 1. The van der Waals surface area contributed by atoms with E-state index in [9.17, 15) is 0 Å². The summed E-state index contributed by atoms with van der Waals surface area (Å²) >= 11 is 1.40. The van der Waals surface area contributed by atoms with Crippen LogP contribution in [-0.4, -0.2) is 9.97 Å². The molecule has 2 N–H and O–H groups in total. The number of hydrogen-bond donors (Lipinski definition) is 1. The molecule has 0 unspecified atom stereocenters. The lowest BCUT2D eigenvalue weighted by Crippen LogP contribution is -2.04. The number of benzene rings is 1. The quantitative estimate of drug-likeness (QED) is 0.791. The van der Waals surface area contributed by atoms with Gasteiger partial charge >= 0.3 is 0 Å². The first-order chi connectivity index (χ1) is 9.22. The van der Waals surface area contributed by atoms with Gasteiger partial charge in [0.1, 0.15) is 10.5 Å². The monoisotopic (exact) mass is 271 g/mol. The van der Waals surface area contributed by atoms with E-state index in [1.807, 2.05) is 43.3 Å². The molecule has 2 aromatic heterocycles. The molecule has 0 aliphatic heterocycles. The molecule has 19 heavy (non-hydrogen) atoms. The molecule has 0 aliphatic carbocycles. The smallest absolute Gasteiger partial charge is 0.263 e. The summed E-state index contributed by atoms with van der Waals surface area (Å²) in [5.41, 5.74) is 8.55. The van der Waals surface area contributed by atoms with Crippen LogP contribution in [0.25, 0.3) is 11.1 Å². The summed E-state index contributed by atoms with van der Waals surface area (Å²) in [6.45, 7) is 1.95.